The maximum atomic E-state index is 12.3. The molecule has 0 spiro atoms. The lowest BCUT2D eigenvalue weighted by Gasteiger charge is -2.06. The second kappa shape index (κ2) is 7.83. The van der Waals surface area contributed by atoms with E-state index in [0.717, 1.165) is 17.5 Å². The Balaban J connectivity index is 1.94. The molecule has 0 unspecified atom stereocenters. The zero-order valence-electron chi connectivity index (χ0n) is 14.6. The van der Waals surface area contributed by atoms with Gasteiger partial charge in [-0.1, -0.05) is 6.92 Å². The van der Waals surface area contributed by atoms with Crippen LogP contribution in [0.3, 0.4) is 0 Å². The minimum Gasteiger partial charge on any atom is -0.387 e. The highest BCUT2D eigenvalue weighted by atomic mass is 16.1. The molecule has 0 saturated heterocycles. The van der Waals surface area contributed by atoms with Crippen molar-refractivity contribution in [3.05, 3.63) is 41.7 Å². The summed E-state index contributed by atoms with van der Waals surface area (Å²) in [5, 5.41) is 2.86. The number of nitrogens with zero attached hydrogens (tertiary/aromatic N) is 4. The van der Waals surface area contributed by atoms with Crippen molar-refractivity contribution in [1.82, 2.24) is 20.3 Å². The molecular formula is C18H21N7O. The molecule has 5 N–H and O–H groups in total. The lowest BCUT2D eigenvalue weighted by atomic mass is 10.1. The predicted molar refractivity (Wildman–Crippen MR) is 100 cm³/mol. The summed E-state index contributed by atoms with van der Waals surface area (Å²) < 4.78 is 0. The van der Waals surface area contributed by atoms with Crippen LogP contribution in [0.4, 0.5) is 5.69 Å². The van der Waals surface area contributed by atoms with Gasteiger partial charge in [0.05, 0.1) is 17.9 Å². The van der Waals surface area contributed by atoms with Crippen LogP contribution in [0.5, 0.6) is 0 Å². The van der Waals surface area contributed by atoms with E-state index in [1.807, 2.05) is 13.0 Å². The number of amidine groups is 1. The van der Waals surface area contributed by atoms with Crippen LogP contribution >= 0.6 is 0 Å². The number of aliphatic imine (C=N–C) groups is 1. The third kappa shape index (κ3) is 3.92. The molecule has 26 heavy (non-hydrogen) atoms. The van der Waals surface area contributed by atoms with Gasteiger partial charge < -0.3 is 16.8 Å². The largest absolute Gasteiger partial charge is 0.387 e. The molecule has 8 nitrogen and oxygen atoms in total. The van der Waals surface area contributed by atoms with Crippen molar-refractivity contribution in [2.24, 2.45) is 16.5 Å². The average molecular weight is 351 g/mol. The van der Waals surface area contributed by atoms with Gasteiger partial charge >= 0.3 is 0 Å². The summed E-state index contributed by atoms with van der Waals surface area (Å²) in [5.74, 6) is 0.800. The van der Waals surface area contributed by atoms with E-state index in [2.05, 4.69) is 25.3 Å². The summed E-state index contributed by atoms with van der Waals surface area (Å²) in [6, 6.07) is 1.86. The molecule has 1 amide bonds. The lowest BCUT2D eigenvalue weighted by Crippen LogP contribution is -2.27. The number of carbonyl (C=O) groups is 1. The summed E-state index contributed by atoms with van der Waals surface area (Å²) >= 11 is 0. The highest BCUT2D eigenvalue weighted by molar-refractivity contribution is 6.05. The molecule has 0 fully saturated rings. The normalized spacial score (nSPS) is 13.3. The monoisotopic (exact) mass is 351 g/mol. The van der Waals surface area contributed by atoms with Gasteiger partial charge in [0.1, 0.15) is 11.7 Å². The predicted octanol–water partition coefficient (Wildman–Crippen LogP) is 1.30. The number of fused-ring (bicyclic) bond motifs is 1. The van der Waals surface area contributed by atoms with Crippen molar-refractivity contribution in [3.63, 3.8) is 0 Å². The first-order valence-corrected chi connectivity index (χ1v) is 8.44. The minimum absolute atomic E-state index is 0.144. The SMILES string of the molecule is CCCNC(=O)C1=Cc2ncc(-c3cnc(CN)nc3)cc2N=C(N)C1. The van der Waals surface area contributed by atoms with Crippen molar-refractivity contribution in [3.8, 4) is 11.1 Å². The highest BCUT2D eigenvalue weighted by Crippen LogP contribution is 2.29. The van der Waals surface area contributed by atoms with Gasteiger partial charge in [0.2, 0.25) is 5.91 Å². The van der Waals surface area contributed by atoms with Crippen molar-refractivity contribution >= 4 is 23.5 Å². The summed E-state index contributed by atoms with van der Waals surface area (Å²) in [6.07, 6.45) is 7.99. The molecule has 0 aliphatic carbocycles. The Morgan fingerprint density at radius 3 is 2.62 bits per heavy atom. The van der Waals surface area contributed by atoms with Gasteiger partial charge in [0.15, 0.2) is 0 Å². The topological polar surface area (TPSA) is 132 Å². The van der Waals surface area contributed by atoms with Crippen molar-refractivity contribution in [2.45, 2.75) is 26.3 Å². The fourth-order valence-corrected chi connectivity index (χ4v) is 2.53. The van der Waals surface area contributed by atoms with E-state index in [4.69, 9.17) is 11.5 Å². The zero-order chi connectivity index (χ0) is 18.5. The van der Waals surface area contributed by atoms with Crippen LogP contribution in [0.2, 0.25) is 0 Å². The Kier molecular flexibility index (Phi) is 5.33. The molecule has 0 radical (unpaired) electrons. The van der Waals surface area contributed by atoms with Gasteiger partial charge in [-0.3, -0.25) is 9.78 Å². The van der Waals surface area contributed by atoms with E-state index in [0.29, 0.717) is 35.2 Å². The van der Waals surface area contributed by atoms with Gasteiger partial charge in [-0.2, -0.15) is 0 Å². The maximum absolute atomic E-state index is 12.3. The number of nitrogens with one attached hydrogen (secondary N) is 1. The van der Waals surface area contributed by atoms with Gasteiger partial charge in [-0.05, 0) is 18.6 Å². The molecule has 0 bridgehead atoms. The van der Waals surface area contributed by atoms with Crippen molar-refractivity contribution in [1.29, 1.82) is 0 Å². The summed E-state index contributed by atoms with van der Waals surface area (Å²) in [6.45, 7) is 2.90. The molecule has 0 saturated carbocycles. The minimum atomic E-state index is -0.144. The molecule has 3 heterocycles. The van der Waals surface area contributed by atoms with E-state index in [1.165, 1.54) is 0 Å². The van der Waals surface area contributed by atoms with Gasteiger partial charge in [0.25, 0.3) is 0 Å². The van der Waals surface area contributed by atoms with E-state index >= 15 is 0 Å². The van der Waals surface area contributed by atoms with Crippen molar-refractivity contribution in [2.75, 3.05) is 6.54 Å². The summed E-state index contributed by atoms with van der Waals surface area (Å²) in [4.78, 5) is 29.5. The first kappa shape index (κ1) is 17.7. The highest BCUT2D eigenvalue weighted by Gasteiger charge is 2.17. The van der Waals surface area contributed by atoms with Gasteiger partial charge in [-0.15, -0.1) is 0 Å². The van der Waals surface area contributed by atoms with E-state index in [1.54, 1.807) is 24.7 Å². The first-order valence-electron chi connectivity index (χ1n) is 8.44. The number of aromatic nitrogens is 3. The van der Waals surface area contributed by atoms with Crippen LogP contribution in [0.15, 0.2) is 35.2 Å². The van der Waals surface area contributed by atoms with Crippen LogP contribution in [-0.4, -0.2) is 33.2 Å². The second-order valence-corrected chi connectivity index (χ2v) is 5.93. The van der Waals surface area contributed by atoms with Crippen LogP contribution in [0.1, 0.15) is 31.3 Å². The Bertz CT molecular complexity index is 872. The smallest absolute Gasteiger partial charge is 0.247 e. The molecule has 134 valence electrons. The molecule has 3 rings (SSSR count). The van der Waals surface area contributed by atoms with Crippen LogP contribution in [0.25, 0.3) is 17.2 Å². The number of nitrogens with two attached hydrogens (primary N) is 2. The van der Waals surface area contributed by atoms with E-state index in [-0.39, 0.29) is 18.9 Å². The first-order chi connectivity index (χ1) is 12.6. The molecule has 2 aromatic rings. The molecule has 1 aliphatic heterocycles. The fourth-order valence-electron chi connectivity index (χ4n) is 2.53. The molecular weight excluding hydrogens is 330 g/mol. The summed E-state index contributed by atoms with van der Waals surface area (Å²) in [5.41, 5.74) is 14.9. The van der Waals surface area contributed by atoms with Crippen LogP contribution in [0, 0.1) is 0 Å². The second-order valence-electron chi connectivity index (χ2n) is 5.93. The Morgan fingerprint density at radius 1 is 1.19 bits per heavy atom. The Morgan fingerprint density at radius 2 is 1.92 bits per heavy atom. The standard InChI is InChI=1S/C18H21N7O/c1-2-3-21-18(26)11-4-14-15(25-16(20)6-11)5-12(8-22-14)13-9-23-17(7-19)24-10-13/h4-5,8-10H,2-3,6-7,19H2,1H3,(H2,20,25)(H,21,26). The lowest BCUT2D eigenvalue weighted by molar-refractivity contribution is -0.117. The quantitative estimate of drug-likeness (QED) is 0.744. The van der Waals surface area contributed by atoms with Gasteiger partial charge in [0, 0.05) is 48.3 Å². The van der Waals surface area contributed by atoms with Gasteiger partial charge in [-0.25, -0.2) is 15.0 Å². The third-order valence-electron chi connectivity index (χ3n) is 3.89. The van der Waals surface area contributed by atoms with Crippen LogP contribution in [-0.2, 0) is 11.3 Å². The number of rotatable bonds is 5. The number of hydrogen-bond acceptors (Lipinski definition) is 7. The fraction of sp³-hybridized carbons (Fsp3) is 0.278. The number of amides is 1. The molecule has 1 aliphatic rings. The number of carbonyl (C=O) groups excluding carboxylic acids is 1. The molecule has 2 aromatic heterocycles. The van der Waals surface area contributed by atoms with Crippen LogP contribution < -0.4 is 16.8 Å². The Labute approximate surface area is 151 Å². The average Bonchev–Trinajstić information content (AvgIpc) is 2.83. The van der Waals surface area contributed by atoms with E-state index < -0.39 is 0 Å². The number of hydrogen-bond donors (Lipinski definition) is 3. The number of pyridine rings is 1. The zero-order valence-corrected chi connectivity index (χ0v) is 14.6. The summed E-state index contributed by atoms with van der Waals surface area (Å²) in [7, 11) is 0. The molecule has 8 heteroatoms. The third-order valence-corrected chi connectivity index (χ3v) is 3.89. The maximum Gasteiger partial charge on any atom is 0.247 e. The molecule has 0 atom stereocenters. The van der Waals surface area contributed by atoms with E-state index in [9.17, 15) is 4.79 Å². The Hall–Kier alpha value is -3.13. The van der Waals surface area contributed by atoms with Crippen molar-refractivity contribution < 1.29 is 4.79 Å². The molecule has 0 aromatic carbocycles.